The third-order valence-corrected chi connectivity index (χ3v) is 3.86. The minimum absolute atomic E-state index is 0.145. The van der Waals surface area contributed by atoms with E-state index in [4.69, 9.17) is 9.47 Å². The lowest BCUT2D eigenvalue weighted by atomic mass is 10.1. The molecule has 1 rings (SSSR count). The summed E-state index contributed by atoms with van der Waals surface area (Å²) in [5.41, 5.74) is 0.654. The molecule has 0 radical (unpaired) electrons. The topological polar surface area (TPSA) is 84.0 Å². The van der Waals surface area contributed by atoms with E-state index >= 15 is 0 Å². The van der Waals surface area contributed by atoms with E-state index in [1.807, 2.05) is 6.92 Å². The summed E-state index contributed by atoms with van der Waals surface area (Å²) in [5, 5.41) is 9.11. The summed E-state index contributed by atoms with van der Waals surface area (Å²) in [7, 11) is 0. The number of nitrogens with one attached hydrogen (secondary N) is 3. The average Bonchev–Trinajstić information content (AvgIpc) is 2.69. The number of rotatable bonds is 15. The molecule has 3 N–H and O–H groups in total. The maximum Gasteiger partial charge on any atom is 0.224 e. The number of halogens is 1. The van der Waals surface area contributed by atoms with E-state index in [0.717, 1.165) is 26.0 Å². The molecule has 1 amide bonds. The smallest absolute Gasteiger partial charge is 0.224 e. The molecule has 0 aromatic heterocycles. The number of hydrogen-bond acceptors (Lipinski definition) is 4. The Kier molecular flexibility index (Phi) is 14.3. The van der Waals surface area contributed by atoms with Crippen molar-refractivity contribution >= 4 is 11.9 Å². The van der Waals surface area contributed by atoms with Gasteiger partial charge in [-0.3, -0.25) is 9.79 Å². The number of carbonyl (C=O) groups excluding carboxylic acids is 1. The van der Waals surface area contributed by atoms with Gasteiger partial charge in [0.2, 0.25) is 5.91 Å². The van der Waals surface area contributed by atoms with Crippen molar-refractivity contribution in [2.75, 3.05) is 52.6 Å². The number of ether oxygens (including phenoxy) is 2. The predicted octanol–water partition coefficient (Wildman–Crippen LogP) is 1.87. The van der Waals surface area contributed by atoms with Gasteiger partial charge in [0.05, 0.1) is 32.8 Å². The highest BCUT2D eigenvalue weighted by Gasteiger charge is 2.04. The van der Waals surface area contributed by atoms with Crippen LogP contribution in [0.2, 0.25) is 0 Å². The van der Waals surface area contributed by atoms with Crippen molar-refractivity contribution in [3.8, 4) is 0 Å². The molecule has 1 aromatic rings. The highest BCUT2D eigenvalue weighted by Crippen LogP contribution is 2.03. The molecule has 0 heterocycles. The number of guanidine groups is 1. The maximum absolute atomic E-state index is 13.1. The Hall–Kier alpha value is -2.19. The highest BCUT2D eigenvalue weighted by molar-refractivity contribution is 5.80. The number of hydrogen-bond donors (Lipinski definition) is 3. The van der Waals surface area contributed by atoms with Gasteiger partial charge in [0, 0.05) is 26.2 Å². The zero-order chi connectivity index (χ0) is 21.2. The summed E-state index contributed by atoms with van der Waals surface area (Å²) in [5.74, 6) is 0.194. The second kappa shape index (κ2) is 16.7. The van der Waals surface area contributed by atoms with Crippen LogP contribution in [0.5, 0.6) is 0 Å². The fourth-order valence-electron chi connectivity index (χ4n) is 2.41. The molecule has 8 heteroatoms. The first kappa shape index (κ1) is 24.8. The van der Waals surface area contributed by atoms with Crippen molar-refractivity contribution in [3.05, 3.63) is 35.6 Å². The van der Waals surface area contributed by atoms with Crippen LogP contribution in [-0.2, 0) is 20.7 Å². The summed E-state index contributed by atoms with van der Waals surface area (Å²) < 4.78 is 24.1. The first-order valence-corrected chi connectivity index (χ1v) is 10.3. The summed E-state index contributed by atoms with van der Waals surface area (Å²) in [6.07, 6.45) is 2.37. The number of nitrogens with zero attached hydrogens (tertiary/aromatic N) is 1. The van der Waals surface area contributed by atoms with Crippen molar-refractivity contribution in [1.29, 1.82) is 0 Å². The van der Waals surface area contributed by atoms with Crippen LogP contribution >= 0.6 is 0 Å². The van der Waals surface area contributed by atoms with Gasteiger partial charge in [0.25, 0.3) is 0 Å². The first-order chi connectivity index (χ1) is 14.2. The lowest BCUT2D eigenvalue weighted by Gasteiger charge is -2.12. The summed E-state index contributed by atoms with van der Waals surface area (Å²) >= 11 is 0. The van der Waals surface area contributed by atoms with Gasteiger partial charge < -0.3 is 25.4 Å². The zero-order valence-corrected chi connectivity index (χ0v) is 17.6. The van der Waals surface area contributed by atoms with E-state index in [1.165, 1.54) is 12.1 Å². The Morgan fingerprint density at radius 3 is 2.52 bits per heavy atom. The molecule has 7 nitrogen and oxygen atoms in total. The van der Waals surface area contributed by atoms with E-state index in [2.05, 4.69) is 27.9 Å². The molecule has 164 valence electrons. The van der Waals surface area contributed by atoms with Crippen molar-refractivity contribution in [2.24, 2.45) is 4.99 Å². The Morgan fingerprint density at radius 1 is 1.03 bits per heavy atom. The Bertz CT molecular complexity index is 599. The number of carbonyl (C=O) groups is 1. The SMILES string of the molecule is CCCCOCCOCCN=C(NCC)NCCNC(=O)Cc1cccc(F)c1. The van der Waals surface area contributed by atoms with Crippen molar-refractivity contribution in [2.45, 2.75) is 33.1 Å². The zero-order valence-electron chi connectivity index (χ0n) is 17.6. The van der Waals surface area contributed by atoms with Gasteiger partial charge in [-0.05, 0) is 31.0 Å². The number of benzene rings is 1. The molecule has 29 heavy (non-hydrogen) atoms. The van der Waals surface area contributed by atoms with Crippen LogP contribution in [0.4, 0.5) is 4.39 Å². The Labute approximate surface area is 173 Å². The van der Waals surface area contributed by atoms with E-state index in [0.29, 0.717) is 51.0 Å². The molecule has 1 aromatic carbocycles. The molecule has 0 atom stereocenters. The highest BCUT2D eigenvalue weighted by atomic mass is 19.1. The van der Waals surface area contributed by atoms with E-state index in [9.17, 15) is 9.18 Å². The standard InChI is InChI=1S/C21H35FN4O3/c1-3-5-12-28-14-15-29-13-11-26-21(23-4-2)25-10-9-24-20(27)17-18-7-6-8-19(22)16-18/h6-8,16H,3-5,9-15,17H2,1-2H3,(H,24,27)(H2,23,25,26). The summed E-state index contributed by atoms with van der Waals surface area (Å²) in [6.45, 7) is 8.87. The molecule has 0 aliphatic rings. The molecular weight excluding hydrogens is 375 g/mol. The van der Waals surface area contributed by atoms with Crippen LogP contribution < -0.4 is 16.0 Å². The van der Waals surface area contributed by atoms with Gasteiger partial charge in [-0.2, -0.15) is 0 Å². The molecule has 0 saturated heterocycles. The van der Waals surface area contributed by atoms with Crippen LogP contribution in [0.25, 0.3) is 0 Å². The summed E-state index contributed by atoms with van der Waals surface area (Å²) in [6, 6.07) is 6.06. The fraction of sp³-hybridized carbons (Fsp3) is 0.619. The first-order valence-electron chi connectivity index (χ1n) is 10.3. The van der Waals surface area contributed by atoms with Crippen LogP contribution in [0.1, 0.15) is 32.3 Å². The minimum atomic E-state index is -0.337. The third kappa shape index (κ3) is 13.6. The molecule has 0 bridgehead atoms. The lowest BCUT2D eigenvalue weighted by Crippen LogP contribution is -2.42. The Morgan fingerprint density at radius 2 is 1.79 bits per heavy atom. The number of amides is 1. The van der Waals surface area contributed by atoms with Crippen molar-refractivity contribution in [3.63, 3.8) is 0 Å². The second-order valence-corrected chi connectivity index (χ2v) is 6.42. The molecule has 0 saturated carbocycles. The minimum Gasteiger partial charge on any atom is -0.379 e. The molecule has 0 spiro atoms. The van der Waals surface area contributed by atoms with Crippen LogP contribution in [0, 0.1) is 5.82 Å². The molecule has 0 unspecified atom stereocenters. The quantitative estimate of drug-likeness (QED) is 0.234. The number of aliphatic imine (C=N–C) groups is 1. The van der Waals surface area contributed by atoms with Gasteiger partial charge in [-0.15, -0.1) is 0 Å². The van der Waals surface area contributed by atoms with Gasteiger partial charge in [-0.25, -0.2) is 4.39 Å². The average molecular weight is 411 g/mol. The van der Waals surface area contributed by atoms with Gasteiger partial charge in [0.15, 0.2) is 5.96 Å². The van der Waals surface area contributed by atoms with E-state index in [-0.39, 0.29) is 18.1 Å². The molecular formula is C21H35FN4O3. The van der Waals surface area contributed by atoms with Crippen molar-refractivity contribution < 1.29 is 18.7 Å². The molecule has 0 aliphatic carbocycles. The lowest BCUT2D eigenvalue weighted by molar-refractivity contribution is -0.120. The van der Waals surface area contributed by atoms with E-state index in [1.54, 1.807) is 12.1 Å². The molecule has 0 aliphatic heterocycles. The summed E-state index contributed by atoms with van der Waals surface area (Å²) in [4.78, 5) is 16.3. The fourth-order valence-corrected chi connectivity index (χ4v) is 2.41. The number of unbranched alkanes of at least 4 members (excludes halogenated alkanes) is 1. The maximum atomic E-state index is 13.1. The Balaban J connectivity index is 2.14. The normalized spacial score (nSPS) is 11.3. The van der Waals surface area contributed by atoms with Crippen LogP contribution in [0.15, 0.2) is 29.3 Å². The largest absolute Gasteiger partial charge is 0.379 e. The van der Waals surface area contributed by atoms with Gasteiger partial charge in [0.1, 0.15) is 5.82 Å². The van der Waals surface area contributed by atoms with Crippen LogP contribution in [0.3, 0.4) is 0 Å². The van der Waals surface area contributed by atoms with Gasteiger partial charge in [-0.1, -0.05) is 25.5 Å². The van der Waals surface area contributed by atoms with Gasteiger partial charge >= 0.3 is 0 Å². The molecule has 0 fully saturated rings. The van der Waals surface area contributed by atoms with E-state index < -0.39 is 0 Å². The van der Waals surface area contributed by atoms with Crippen LogP contribution in [-0.4, -0.2) is 64.5 Å². The predicted molar refractivity (Wildman–Crippen MR) is 114 cm³/mol. The third-order valence-electron chi connectivity index (χ3n) is 3.86. The second-order valence-electron chi connectivity index (χ2n) is 6.42. The monoisotopic (exact) mass is 410 g/mol. The van der Waals surface area contributed by atoms with Crippen molar-refractivity contribution in [1.82, 2.24) is 16.0 Å².